The van der Waals surface area contributed by atoms with E-state index in [0.29, 0.717) is 16.8 Å². The van der Waals surface area contributed by atoms with Crippen molar-refractivity contribution in [3.05, 3.63) is 63.7 Å². The number of anilines is 1. The van der Waals surface area contributed by atoms with Gasteiger partial charge in [-0.1, -0.05) is 32.0 Å². The van der Waals surface area contributed by atoms with Crippen LogP contribution in [0.4, 0.5) is 11.4 Å². The number of rotatable bonds is 7. The van der Waals surface area contributed by atoms with E-state index < -0.39 is 14.9 Å². The second-order valence-corrected chi connectivity index (χ2v) is 8.11. The van der Waals surface area contributed by atoms with Gasteiger partial charge >= 0.3 is 0 Å². The molecule has 27 heavy (non-hydrogen) atoms. The summed E-state index contributed by atoms with van der Waals surface area (Å²) in [5.41, 5.74) is 1.32. The van der Waals surface area contributed by atoms with Gasteiger partial charge in [-0.2, -0.15) is 0 Å². The molecule has 0 aliphatic heterocycles. The fourth-order valence-corrected chi connectivity index (χ4v) is 3.57. The quantitative estimate of drug-likeness (QED) is 0.556. The van der Waals surface area contributed by atoms with Crippen molar-refractivity contribution in [2.45, 2.75) is 32.2 Å². The molecular weight excluding hydrogens is 370 g/mol. The van der Waals surface area contributed by atoms with E-state index in [1.54, 1.807) is 45.0 Å². The molecule has 1 amide bonds. The molecule has 0 atom stereocenters. The molecule has 8 nitrogen and oxygen atoms in total. The van der Waals surface area contributed by atoms with Crippen LogP contribution in [0.3, 0.4) is 0 Å². The first-order valence-electron chi connectivity index (χ1n) is 8.24. The Balaban J connectivity index is 2.17. The number of nitrogens with zero attached hydrogens (tertiary/aromatic N) is 1. The van der Waals surface area contributed by atoms with Crippen LogP contribution in [-0.4, -0.2) is 19.2 Å². The molecule has 0 saturated carbocycles. The molecular formula is C18H21N3O5S. The Hall–Kier alpha value is -2.78. The lowest BCUT2D eigenvalue weighted by Crippen LogP contribution is -2.24. The standard InChI is InChI=1S/C18H21N3O5S/c1-12(2)18(22)20-15-6-4-5-14(9-15)11-19-27(25,26)17-10-16(21(23)24)8-7-13(17)3/h4-10,12,19H,11H2,1-3H3,(H,20,22). The van der Waals surface area contributed by atoms with Gasteiger partial charge in [-0.25, -0.2) is 13.1 Å². The molecule has 0 heterocycles. The Morgan fingerprint density at radius 3 is 2.52 bits per heavy atom. The number of nitro benzene ring substituents is 1. The minimum Gasteiger partial charge on any atom is -0.326 e. The van der Waals surface area contributed by atoms with Crippen LogP contribution >= 0.6 is 0 Å². The lowest BCUT2D eigenvalue weighted by Gasteiger charge is -2.11. The maximum atomic E-state index is 12.5. The number of amides is 1. The monoisotopic (exact) mass is 391 g/mol. The first-order valence-corrected chi connectivity index (χ1v) is 9.73. The average Bonchev–Trinajstić information content (AvgIpc) is 2.60. The van der Waals surface area contributed by atoms with E-state index in [1.165, 1.54) is 12.1 Å². The Morgan fingerprint density at radius 1 is 1.19 bits per heavy atom. The Kier molecular flexibility index (Phi) is 6.29. The lowest BCUT2D eigenvalue weighted by molar-refractivity contribution is -0.385. The molecule has 0 bridgehead atoms. The van der Waals surface area contributed by atoms with E-state index in [0.717, 1.165) is 6.07 Å². The molecule has 0 spiro atoms. The number of nitrogens with one attached hydrogen (secondary N) is 2. The molecule has 0 aliphatic rings. The van der Waals surface area contributed by atoms with Gasteiger partial charge in [0, 0.05) is 30.3 Å². The average molecular weight is 391 g/mol. The Bertz CT molecular complexity index is 971. The highest BCUT2D eigenvalue weighted by Crippen LogP contribution is 2.22. The van der Waals surface area contributed by atoms with E-state index >= 15 is 0 Å². The summed E-state index contributed by atoms with van der Waals surface area (Å²) in [6.07, 6.45) is 0. The fourth-order valence-electron chi connectivity index (χ4n) is 2.29. The largest absolute Gasteiger partial charge is 0.326 e. The second-order valence-electron chi connectivity index (χ2n) is 6.38. The summed E-state index contributed by atoms with van der Waals surface area (Å²) in [7, 11) is -3.94. The van der Waals surface area contributed by atoms with Gasteiger partial charge in [-0.3, -0.25) is 14.9 Å². The van der Waals surface area contributed by atoms with Crippen molar-refractivity contribution in [3.8, 4) is 0 Å². The van der Waals surface area contributed by atoms with E-state index in [2.05, 4.69) is 10.0 Å². The Labute approximate surface area is 157 Å². The number of aryl methyl sites for hydroxylation is 1. The van der Waals surface area contributed by atoms with Crippen LogP contribution in [0.5, 0.6) is 0 Å². The van der Waals surface area contributed by atoms with Crippen LogP contribution in [0.1, 0.15) is 25.0 Å². The molecule has 2 aromatic rings. The first-order chi connectivity index (χ1) is 12.6. The SMILES string of the molecule is Cc1ccc([N+](=O)[O-])cc1S(=O)(=O)NCc1cccc(NC(=O)C(C)C)c1. The van der Waals surface area contributed by atoms with E-state index in [-0.39, 0.29) is 29.0 Å². The molecule has 0 fully saturated rings. The van der Waals surface area contributed by atoms with Crippen molar-refractivity contribution in [1.82, 2.24) is 4.72 Å². The van der Waals surface area contributed by atoms with E-state index in [9.17, 15) is 23.3 Å². The minimum atomic E-state index is -3.94. The minimum absolute atomic E-state index is 0.0180. The molecule has 0 radical (unpaired) electrons. The summed E-state index contributed by atoms with van der Waals surface area (Å²) >= 11 is 0. The number of carbonyl (C=O) groups is 1. The maximum Gasteiger partial charge on any atom is 0.270 e. The Morgan fingerprint density at radius 2 is 1.89 bits per heavy atom. The number of hydrogen-bond acceptors (Lipinski definition) is 5. The molecule has 2 N–H and O–H groups in total. The van der Waals surface area contributed by atoms with Crippen molar-refractivity contribution in [1.29, 1.82) is 0 Å². The molecule has 0 saturated heterocycles. The second kappa shape index (κ2) is 8.28. The molecule has 2 aromatic carbocycles. The van der Waals surface area contributed by atoms with Gasteiger partial charge in [-0.15, -0.1) is 0 Å². The predicted octanol–water partition coefficient (Wildman–Crippen LogP) is 2.98. The smallest absolute Gasteiger partial charge is 0.270 e. The summed E-state index contributed by atoms with van der Waals surface area (Å²) in [5.74, 6) is -0.316. The predicted molar refractivity (Wildman–Crippen MR) is 102 cm³/mol. The molecule has 9 heteroatoms. The first kappa shape index (κ1) is 20.5. The third-order valence-corrected chi connectivity index (χ3v) is 5.40. The summed E-state index contributed by atoms with van der Waals surface area (Å²) in [6.45, 7) is 5.10. The number of sulfonamides is 1. The summed E-state index contributed by atoms with van der Waals surface area (Å²) < 4.78 is 27.5. The number of non-ortho nitro benzene ring substituents is 1. The van der Waals surface area contributed by atoms with Crippen LogP contribution < -0.4 is 10.0 Å². The zero-order valence-corrected chi connectivity index (χ0v) is 16.0. The normalized spacial score (nSPS) is 11.4. The molecule has 0 aromatic heterocycles. The number of benzene rings is 2. The highest BCUT2D eigenvalue weighted by molar-refractivity contribution is 7.89. The summed E-state index contributed by atoms with van der Waals surface area (Å²) in [4.78, 5) is 21.9. The van der Waals surface area contributed by atoms with E-state index in [1.807, 2.05) is 0 Å². The van der Waals surface area contributed by atoms with Crippen molar-refractivity contribution in [2.24, 2.45) is 5.92 Å². The van der Waals surface area contributed by atoms with Crippen molar-refractivity contribution >= 4 is 27.3 Å². The van der Waals surface area contributed by atoms with Crippen LogP contribution in [-0.2, 0) is 21.4 Å². The highest BCUT2D eigenvalue weighted by atomic mass is 32.2. The van der Waals surface area contributed by atoms with Crippen LogP contribution in [0.15, 0.2) is 47.4 Å². The number of carbonyl (C=O) groups excluding carboxylic acids is 1. The topological polar surface area (TPSA) is 118 Å². The fraction of sp³-hybridized carbons (Fsp3) is 0.278. The summed E-state index contributed by atoms with van der Waals surface area (Å²) in [6, 6.07) is 10.5. The molecule has 2 rings (SSSR count). The van der Waals surface area contributed by atoms with Crippen molar-refractivity contribution in [2.75, 3.05) is 5.32 Å². The summed E-state index contributed by atoms with van der Waals surface area (Å²) in [5, 5.41) is 13.6. The zero-order valence-electron chi connectivity index (χ0n) is 15.2. The van der Waals surface area contributed by atoms with Crippen LogP contribution in [0.2, 0.25) is 0 Å². The number of nitro groups is 1. The lowest BCUT2D eigenvalue weighted by atomic mass is 10.1. The van der Waals surface area contributed by atoms with Gasteiger partial charge in [0.05, 0.1) is 9.82 Å². The van der Waals surface area contributed by atoms with Gasteiger partial charge in [0.2, 0.25) is 15.9 Å². The molecule has 0 unspecified atom stereocenters. The van der Waals surface area contributed by atoms with E-state index in [4.69, 9.17) is 0 Å². The maximum absolute atomic E-state index is 12.5. The van der Waals surface area contributed by atoms with Crippen molar-refractivity contribution < 1.29 is 18.1 Å². The molecule has 144 valence electrons. The van der Waals surface area contributed by atoms with Gasteiger partial charge in [0.15, 0.2) is 0 Å². The third-order valence-electron chi connectivity index (χ3n) is 3.86. The van der Waals surface area contributed by atoms with Gasteiger partial charge in [0.25, 0.3) is 5.69 Å². The highest BCUT2D eigenvalue weighted by Gasteiger charge is 2.20. The van der Waals surface area contributed by atoms with Crippen LogP contribution in [0.25, 0.3) is 0 Å². The third kappa shape index (κ3) is 5.35. The van der Waals surface area contributed by atoms with Gasteiger partial charge in [0.1, 0.15) is 0 Å². The van der Waals surface area contributed by atoms with Gasteiger partial charge in [-0.05, 0) is 30.2 Å². The van der Waals surface area contributed by atoms with Gasteiger partial charge < -0.3 is 5.32 Å². The van der Waals surface area contributed by atoms with Crippen LogP contribution in [0, 0.1) is 23.0 Å². The zero-order chi connectivity index (χ0) is 20.2. The number of hydrogen-bond donors (Lipinski definition) is 2. The van der Waals surface area contributed by atoms with Crippen molar-refractivity contribution in [3.63, 3.8) is 0 Å². The molecule has 0 aliphatic carbocycles.